The molecule has 140 valence electrons. The van der Waals surface area contributed by atoms with E-state index in [0.29, 0.717) is 24.5 Å². The third kappa shape index (κ3) is 4.20. The van der Waals surface area contributed by atoms with Crippen LogP contribution in [0.2, 0.25) is 0 Å². The monoisotopic (exact) mass is 365 g/mol. The highest BCUT2D eigenvalue weighted by Gasteiger charge is 2.31. The summed E-state index contributed by atoms with van der Waals surface area (Å²) in [7, 11) is 1.62. The lowest BCUT2D eigenvalue weighted by molar-refractivity contribution is -0.113. The molecule has 3 rings (SSSR count). The molecule has 5 heteroatoms. The first kappa shape index (κ1) is 18.7. The summed E-state index contributed by atoms with van der Waals surface area (Å²) in [5.74, 6) is 1.32. The zero-order valence-corrected chi connectivity index (χ0v) is 15.5. The lowest BCUT2D eigenvalue weighted by Crippen LogP contribution is -2.18. The van der Waals surface area contributed by atoms with Crippen LogP contribution in [-0.4, -0.2) is 26.2 Å². The molecular formula is C22H23NO4. The molecule has 1 aliphatic rings. The van der Waals surface area contributed by atoms with Gasteiger partial charge in [0, 0.05) is 5.69 Å². The summed E-state index contributed by atoms with van der Waals surface area (Å²) >= 11 is 0. The molecule has 5 nitrogen and oxygen atoms in total. The van der Waals surface area contributed by atoms with Gasteiger partial charge in [0.2, 0.25) is 0 Å². The normalized spacial score (nSPS) is 16.1. The van der Waals surface area contributed by atoms with Gasteiger partial charge in [-0.15, -0.1) is 0 Å². The average molecular weight is 365 g/mol. The Bertz CT molecular complexity index is 838. The van der Waals surface area contributed by atoms with Crippen LogP contribution in [0, 0.1) is 0 Å². The second kappa shape index (κ2) is 8.56. The fourth-order valence-electron chi connectivity index (χ4n) is 2.98. The summed E-state index contributed by atoms with van der Waals surface area (Å²) in [5.41, 5.74) is 2.95. The number of ether oxygens (including phenoxy) is 3. The fourth-order valence-corrected chi connectivity index (χ4v) is 2.98. The van der Waals surface area contributed by atoms with E-state index in [2.05, 4.69) is 11.9 Å². The van der Waals surface area contributed by atoms with Crippen molar-refractivity contribution in [2.45, 2.75) is 13.0 Å². The van der Waals surface area contributed by atoms with Gasteiger partial charge in [0.25, 0.3) is 5.91 Å². The Morgan fingerprint density at radius 2 is 1.85 bits per heavy atom. The van der Waals surface area contributed by atoms with Gasteiger partial charge in [0.1, 0.15) is 17.6 Å². The Labute approximate surface area is 159 Å². The summed E-state index contributed by atoms with van der Waals surface area (Å²) in [6.07, 6.45) is 1.24. The SMILES string of the molecule is C=CC1=C(C(=O)Nc2ccc(OCC)cc2)C(c2ccc(OC)cc2)OC1. The third-order valence-electron chi connectivity index (χ3n) is 4.35. The van der Waals surface area contributed by atoms with Gasteiger partial charge in [0.15, 0.2) is 0 Å². The van der Waals surface area contributed by atoms with Gasteiger partial charge in [0.05, 0.1) is 25.9 Å². The van der Waals surface area contributed by atoms with Crippen molar-refractivity contribution >= 4 is 11.6 Å². The number of carbonyl (C=O) groups is 1. The van der Waals surface area contributed by atoms with Crippen molar-refractivity contribution in [1.29, 1.82) is 0 Å². The summed E-state index contributed by atoms with van der Waals surface area (Å²) in [6, 6.07) is 14.8. The topological polar surface area (TPSA) is 56.8 Å². The molecule has 0 saturated heterocycles. The lowest BCUT2D eigenvalue weighted by Gasteiger charge is -2.16. The number of methoxy groups -OCH3 is 1. The maximum absolute atomic E-state index is 12.9. The van der Waals surface area contributed by atoms with Crippen molar-refractivity contribution in [3.05, 3.63) is 77.9 Å². The van der Waals surface area contributed by atoms with Crippen LogP contribution < -0.4 is 14.8 Å². The first-order valence-electron chi connectivity index (χ1n) is 8.81. The molecule has 2 aromatic carbocycles. The van der Waals surface area contributed by atoms with Crippen molar-refractivity contribution in [3.63, 3.8) is 0 Å². The minimum Gasteiger partial charge on any atom is -0.497 e. The van der Waals surface area contributed by atoms with E-state index in [0.717, 1.165) is 22.6 Å². The standard InChI is InChI=1S/C22H23NO4/c1-4-15-14-27-21(16-6-10-18(25-3)11-7-16)20(15)22(24)23-17-8-12-19(13-9-17)26-5-2/h4,6-13,21H,1,5,14H2,2-3H3,(H,23,24). The minimum absolute atomic E-state index is 0.202. The molecular weight excluding hydrogens is 342 g/mol. The second-order valence-corrected chi connectivity index (χ2v) is 6.02. The number of amides is 1. The van der Waals surface area contributed by atoms with Crippen LogP contribution in [0.25, 0.3) is 0 Å². The van der Waals surface area contributed by atoms with Crippen LogP contribution in [0.4, 0.5) is 5.69 Å². The smallest absolute Gasteiger partial charge is 0.254 e. The number of nitrogens with one attached hydrogen (secondary N) is 1. The van der Waals surface area contributed by atoms with Gasteiger partial charge in [-0.3, -0.25) is 4.79 Å². The van der Waals surface area contributed by atoms with E-state index in [1.54, 1.807) is 13.2 Å². The Kier molecular flexibility index (Phi) is 5.94. The Morgan fingerprint density at radius 3 is 2.44 bits per heavy atom. The third-order valence-corrected chi connectivity index (χ3v) is 4.35. The number of rotatable bonds is 7. The molecule has 2 aromatic rings. The first-order valence-corrected chi connectivity index (χ1v) is 8.81. The van der Waals surface area contributed by atoms with E-state index >= 15 is 0 Å². The maximum atomic E-state index is 12.9. The molecule has 0 aliphatic carbocycles. The largest absolute Gasteiger partial charge is 0.497 e. The van der Waals surface area contributed by atoms with Crippen LogP contribution in [-0.2, 0) is 9.53 Å². The van der Waals surface area contributed by atoms with Crippen LogP contribution in [0.5, 0.6) is 11.5 Å². The molecule has 0 bridgehead atoms. The van der Waals surface area contributed by atoms with Crippen LogP contribution in [0.15, 0.2) is 72.3 Å². The Balaban J connectivity index is 1.81. The van der Waals surface area contributed by atoms with E-state index in [9.17, 15) is 4.79 Å². The zero-order valence-electron chi connectivity index (χ0n) is 15.5. The molecule has 1 unspecified atom stereocenters. The minimum atomic E-state index is -0.438. The molecule has 0 saturated carbocycles. The molecule has 1 atom stereocenters. The van der Waals surface area contributed by atoms with Crippen molar-refractivity contribution < 1.29 is 19.0 Å². The molecule has 0 radical (unpaired) electrons. The average Bonchev–Trinajstić information content (AvgIpc) is 3.14. The highest BCUT2D eigenvalue weighted by molar-refractivity contribution is 6.05. The van der Waals surface area contributed by atoms with Gasteiger partial charge < -0.3 is 19.5 Å². The lowest BCUT2D eigenvalue weighted by atomic mass is 9.98. The summed E-state index contributed by atoms with van der Waals surface area (Å²) < 4.78 is 16.5. The van der Waals surface area contributed by atoms with E-state index in [4.69, 9.17) is 14.2 Å². The summed E-state index contributed by atoms with van der Waals surface area (Å²) in [5, 5.41) is 2.93. The molecule has 1 N–H and O–H groups in total. The molecule has 1 heterocycles. The van der Waals surface area contributed by atoms with E-state index in [1.165, 1.54) is 0 Å². The van der Waals surface area contributed by atoms with Gasteiger partial charge in [-0.25, -0.2) is 0 Å². The van der Waals surface area contributed by atoms with Gasteiger partial charge in [-0.2, -0.15) is 0 Å². The molecule has 0 aromatic heterocycles. The van der Waals surface area contributed by atoms with Crippen LogP contribution in [0.1, 0.15) is 18.6 Å². The van der Waals surface area contributed by atoms with E-state index in [1.807, 2.05) is 55.5 Å². The Morgan fingerprint density at radius 1 is 1.19 bits per heavy atom. The van der Waals surface area contributed by atoms with Crippen molar-refractivity contribution in [2.75, 3.05) is 25.6 Å². The maximum Gasteiger partial charge on any atom is 0.254 e. The van der Waals surface area contributed by atoms with Gasteiger partial charge >= 0.3 is 0 Å². The van der Waals surface area contributed by atoms with Crippen molar-refractivity contribution in [3.8, 4) is 11.5 Å². The quantitative estimate of drug-likeness (QED) is 0.795. The number of hydrogen-bond acceptors (Lipinski definition) is 4. The van der Waals surface area contributed by atoms with Crippen LogP contribution in [0.3, 0.4) is 0 Å². The predicted octanol–water partition coefficient (Wildman–Crippen LogP) is 4.29. The molecule has 27 heavy (non-hydrogen) atoms. The van der Waals surface area contributed by atoms with Crippen molar-refractivity contribution in [2.24, 2.45) is 0 Å². The highest BCUT2D eigenvalue weighted by Crippen LogP contribution is 2.36. The number of anilines is 1. The number of benzene rings is 2. The van der Waals surface area contributed by atoms with Crippen molar-refractivity contribution in [1.82, 2.24) is 0 Å². The van der Waals surface area contributed by atoms with Crippen LogP contribution >= 0.6 is 0 Å². The first-order chi connectivity index (χ1) is 13.2. The predicted molar refractivity (Wildman–Crippen MR) is 105 cm³/mol. The number of hydrogen-bond donors (Lipinski definition) is 1. The summed E-state index contributed by atoms with van der Waals surface area (Å²) in [6.45, 7) is 6.70. The van der Waals surface area contributed by atoms with Gasteiger partial charge in [-0.05, 0) is 54.5 Å². The molecule has 0 fully saturated rings. The second-order valence-electron chi connectivity index (χ2n) is 6.02. The molecule has 1 amide bonds. The fraction of sp³-hybridized carbons (Fsp3) is 0.227. The number of carbonyl (C=O) groups excluding carboxylic acids is 1. The molecule has 1 aliphatic heterocycles. The highest BCUT2D eigenvalue weighted by atomic mass is 16.5. The van der Waals surface area contributed by atoms with E-state index < -0.39 is 6.10 Å². The summed E-state index contributed by atoms with van der Waals surface area (Å²) in [4.78, 5) is 12.9. The Hall–Kier alpha value is -3.05. The zero-order chi connectivity index (χ0) is 19.2. The van der Waals surface area contributed by atoms with E-state index in [-0.39, 0.29) is 5.91 Å². The van der Waals surface area contributed by atoms with Gasteiger partial charge in [-0.1, -0.05) is 24.8 Å². The molecule has 0 spiro atoms.